The first-order chi connectivity index (χ1) is 15.9. The summed E-state index contributed by atoms with van der Waals surface area (Å²) < 4.78 is 0. The molecule has 3 heteroatoms. The number of hydrogen-bond acceptors (Lipinski definition) is 3. The van der Waals surface area contributed by atoms with E-state index in [0.29, 0.717) is 0 Å². The summed E-state index contributed by atoms with van der Waals surface area (Å²) in [4.78, 5) is 13.4. The average molecular weight is 409 g/mol. The summed E-state index contributed by atoms with van der Waals surface area (Å²) in [6.07, 6.45) is 7.43. The molecule has 0 aliphatic heterocycles. The minimum Gasteiger partial charge on any atom is -0.265 e. The van der Waals surface area contributed by atoms with E-state index in [1.54, 1.807) is 12.4 Å². The number of rotatable bonds is 4. The maximum Gasteiger partial charge on any atom is 0.0660 e. The van der Waals surface area contributed by atoms with Gasteiger partial charge in [-0.3, -0.25) is 15.0 Å². The van der Waals surface area contributed by atoms with Crippen molar-refractivity contribution in [2.24, 2.45) is 9.98 Å². The highest BCUT2D eigenvalue weighted by atomic mass is 14.7. The van der Waals surface area contributed by atoms with Gasteiger partial charge in [-0.1, -0.05) is 66.7 Å². The lowest BCUT2D eigenvalue weighted by atomic mass is 9.90. The van der Waals surface area contributed by atoms with E-state index < -0.39 is 0 Å². The number of aliphatic imine (C=N–C) groups is 2. The molecule has 150 valence electrons. The van der Waals surface area contributed by atoms with Crippen LogP contribution in [0.5, 0.6) is 0 Å². The molecular formula is C29H19N3. The molecule has 6 rings (SSSR count). The Morgan fingerprint density at radius 3 is 1.56 bits per heavy atom. The molecule has 0 aliphatic carbocycles. The van der Waals surface area contributed by atoms with Crippen LogP contribution in [-0.4, -0.2) is 17.4 Å². The molecule has 0 atom stereocenters. The zero-order valence-electron chi connectivity index (χ0n) is 17.3. The van der Waals surface area contributed by atoms with E-state index in [9.17, 15) is 0 Å². The lowest BCUT2D eigenvalue weighted by molar-refractivity contribution is 1.32. The molecule has 0 aliphatic rings. The van der Waals surface area contributed by atoms with Gasteiger partial charge in [0.15, 0.2) is 0 Å². The Kier molecular flexibility index (Phi) is 4.43. The number of aromatic nitrogens is 1. The number of nitrogens with zero attached hydrogens (tertiary/aromatic N) is 3. The topological polar surface area (TPSA) is 37.6 Å². The maximum atomic E-state index is 4.69. The molecule has 3 nitrogen and oxygen atoms in total. The summed E-state index contributed by atoms with van der Waals surface area (Å²) in [5.74, 6) is 0. The standard InChI is InChI=1S/C29H19N3/c1-2-4-24(5-3-1)31-18-22-8-6-20-11-13-27-23(19-32-25-14-16-30-17-15-25)9-7-21-10-12-26(22)28(20)29(21)27/h1-19H. The molecule has 0 saturated carbocycles. The van der Waals surface area contributed by atoms with Gasteiger partial charge in [-0.2, -0.15) is 0 Å². The summed E-state index contributed by atoms with van der Waals surface area (Å²) in [5.41, 5.74) is 4.07. The Balaban J connectivity index is 1.53. The van der Waals surface area contributed by atoms with Crippen LogP contribution in [0.2, 0.25) is 0 Å². The molecule has 0 saturated heterocycles. The Hall–Kier alpha value is -4.37. The van der Waals surface area contributed by atoms with Crippen LogP contribution >= 0.6 is 0 Å². The minimum absolute atomic E-state index is 0.894. The van der Waals surface area contributed by atoms with Crippen molar-refractivity contribution in [2.75, 3.05) is 0 Å². The molecule has 5 aromatic carbocycles. The van der Waals surface area contributed by atoms with Crippen molar-refractivity contribution in [1.29, 1.82) is 0 Å². The third-order valence-corrected chi connectivity index (χ3v) is 5.86. The Bertz CT molecular complexity index is 1480. The van der Waals surface area contributed by atoms with Crippen molar-refractivity contribution in [3.8, 4) is 0 Å². The molecule has 0 unspecified atom stereocenters. The van der Waals surface area contributed by atoms with Gasteiger partial charge in [0.1, 0.15) is 0 Å². The highest BCUT2D eigenvalue weighted by molar-refractivity contribution is 6.27. The highest BCUT2D eigenvalue weighted by Gasteiger charge is 2.12. The summed E-state index contributed by atoms with van der Waals surface area (Å²) in [7, 11) is 0. The van der Waals surface area contributed by atoms with Crippen LogP contribution in [0.4, 0.5) is 11.4 Å². The molecule has 0 amide bonds. The van der Waals surface area contributed by atoms with Crippen molar-refractivity contribution in [3.63, 3.8) is 0 Å². The van der Waals surface area contributed by atoms with Crippen LogP contribution in [0.3, 0.4) is 0 Å². The SMILES string of the molecule is C(=Nc1ccccc1)c1ccc2ccc3c(C=Nc4ccncc4)ccc4ccc1c2c43. The summed E-state index contributed by atoms with van der Waals surface area (Å²) in [6.45, 7) is 0. The first-order valence-corrected chi connectivity index (χ1v) is 10.6. The summed E-state index contributed by atoms with van der Waals surface area (Å²) >= 11 is 0. The van der Waals surface area contributed by atoms with Gasteiger partial charge < -0.3 is 0 Å². The predicted octanol–water partition coefficient (Wildman–Crippen LogP) is 7.48. The van der Waals surface area contributed by atoms with E-state index in [1.165, 1.54) is 32.3 Å². The van der Waals surface area contributed by atoms with Gasteiger partial charge in [0.2, 0.25) is 0 Å². The molecule has 0 bridgehead atoms. The molecule has 1 heterocycles. The molecule has 0 spiro atoms. The van der Waals surface area contributed by atoms with Crippen LogP contribution in [0, 0.1) is 0 Å². The Morgan fingerprint density at radius 2 is 1.00 bits per heavy atom. The average Bonchev–Trinajstić information content (AvgIpc) is 2.86. The van der Waals surface area contributed by atoms with E-state index in [0.717, 1.165) is 22.5 Å². The fourth-order valence-corrected chi connectivity index (χ4v) is 4.30. The van der Waals surface area contributed by atoms with Gasteiger partial charge in [-0.05, 0) is 56.6 Å². The lowest BCUT2D eigenvalue weighted by Gasteiger charge is -2.13. The van der Waals surface area contributed by atoms with Crippen LogP contribution in [0.1, 0.15) is 11.1 Å². The number of benzene rings is 5. The van der Waals surface area contributed by atoms with E-state index in [1.807, 2.05) is 54.9 Å². The molecule has 6 aromatic rings. The van der Waals surface area contributed by atoms with Crippen molar-refractivity contribution in [2.45, 2.75) is 0 Å². The second-order valence-electron chi connectivity index (χ2n) is 7.79. The van der Waals surface area contributed by atoms with Crippen LogP contribution in [0.25, 0.3) is 32.3 Å². The maximum absolute atomic E-state index is 4.69. The van der Waals surface area contributed by atoms with E-state index in [2.05, 4.69) is 63.5 Å². The fraction of sp³-hybridized carbons (Fsp3) is 0. The van der Waals surface area contributed by atoms with Crippen LogP contribution in [0.15, 0.2) is 113 Å². The fourth-order valence-electron chi connectivity index (χ4n) is 4.30. The van der Waals surface area contributed by atoms with Gasteiger partial charge in [0, 0.05) is 35.9 Å². The zero-order chi connectivity index (χ0) is 21.3. The predicted molar refractivity (Wildman–Crippen MR) is 135 cm³/mol. The van der Waals surface area contributed by atoms with Crippen molar-refractivity contribution < 1.29 is 0 Å². The van der Waals surface area contributed by atoms with Gasteiger partial charge in [-0.25, -0.2) is 0 Å². The molecule has 1 aromatic heterocycles. The molecular weight excluding hydrogens is 390 g/mol. The number of pyridine rings is 1. The third kappa shape index (κ3) is 3.21. The number of para-hydroxylation sites is 1. The molecule has 32 heavy (non-hydrogen) atoms. The van der Waals surface area contributed by atoms with Crippen LogP contribution < -0.4 is 0 Å². The van der Waals surface area contributed by atoms with Gasteiger partial charge in [0.25, 0.3) is 0 Å². The summed E-state index contributed by atoms with van der Waals surface area (Å²) in [6, 6.07) is 31.3. The minimum atomic E-state index is 0.894. The van der Waals surface area contributed by atoms with Crippen molar-refractivity contribution in [1.82, 2.24) is 4.98 Å². The van der Waals surface area contributed by atoms with E-state index >= 15 is 0 Å². The largest absolute Gasteiger partial charge is 0.265 e. The normalized spacial score (nSPS) is 12.1. The van der Waals surface area contributed by atoms with Crippen molar-refractivity contribution in [3.05, 3.63) is 115 Å². The first-order valence-electron chi connectivity index (χ1n) is 10.6. The second kappa shape index (κ2) is 7.71. The quantitative estimate of drug-likeness (QED) is 0.220. The first kappa shape index (κ1) is 18.4. The smallest absolute Gasteiger partial charge is 0.0660 e. The van der Waals surface area contributed by atoms with Gasteiger partial charge in [0.05, 0.1) is 11.4 Å². The monoisotopic (exact) mass is 409 g/mol. The molecule has 0 N–H and O–H groups in total. The molecule has 0 fully saturated rings. The second-order valence-corrected chi connectivity index (χ2v) is 7.79. The van der Waals surface area contributed by atoms with E-state index in [4.69, 9.17) is 0 Å². The van der Waals surface area contributed by atoms with Crippen molar-refractivity contribution >= 4 is 56.1 Å². The van der Waals surface area contributed by atoms with Gasteiger partial charge in [-0.15, -0.1) is 0 Å². The Morgan fingerprint density at radius 1 is 0.500 bits per heavy atom. The van der Waals surface area contributed by atoms with E-state index in [-0.39, 0.29) is 0 Å². The Labute approximate surface area is 185 Å². The highest BCUT2D eigenvalue weighted by Crippen LogP contribution is 2.37. The summed E-state index contributed by atoms with van der Waals surface area (Å²) in [5, 5.41) is 7.43. The zero-order valence-corrected chi connectivity index (χ0v) is 17.3. The number of hydrogen-bond donors (Lipinski definition) is 0. The third-order valence-electron chi connectivity index (χ3n) is 5.86. The lowest BCUT2D eigenvalue weighted by Crippen LogP contribution is -1.92. The van der Waals surface area contributed by atoms with Gasteiger partial charge >= 0.3 is 0 Å². The molecule has 0 radical (unpaired) electrons. The van der Waals surface area contributed by atoms with Crippen LogP contribution in [-0.2, 0) is 0 Å².